The number of rotatable bonds is 37. The summed E-state index contributed by atoms with van der Waals surface area (Å²) in [5.74, 6) is 1.56. The van der Waals surface area contributed by atoms with E-state index >= 15 is 0 Å². The zero-order chi connectivity index (χ0) is 97.3. The Morgan fingerprint density at radius 2 is 0.662 bits per heavy atom. The molecule has 35 heteroatoms. The number of aliphatic hydroxyl groups excluding tert-OH is 1. The molecule has 0 unspecified atom stereocenters. The molecule has 3 atom stereocenters. The molecule has 6 amide bonds. The number of alkyl halides is 3. The second kappa shape index (κ2) is 45.5. The number of amides is 6. The van der Waals surface area contributed by atoms with E-state index in [1.54, 1.807) is 144 Å². The maximum atomic E-state index is 13.9. The molecule has 3 aliphatic rings. The molecule has 720 valence electrons. The zero-order valence-corrected chi connectivity index (χ0v) is 78.8. The number of phenols is 4. The van der Waals surface area contributed by atoms with E-state index in [1.165, 1.54) is 24.3 Å². The maximum Gasteiger partial charge on any atom is 0.274 e. The molecule has 0 spiro atoms. The Morgan fingerprint density at radius 1 is 0.374 bits per heavy atom. The molecule has 0 bridgehead atoms. The summed E-state index contributed by atoms with van der Waals surface area (Å²) in [6.45, 7) is 13.7. The van der Waals surface area contributed by atoms with E-state index in [2.05, 4.69) is 45.9 Å². The molecule has 11 N–H and O–H groups in total. The monoisotopic (exact) mass is 1940 g/mol. The summed E-state index contributed by atoms with van der Waals surface area (Å²) in [7, 11) is 1.63. The zero-order valence-electron chi connectivity index (χ0n) is 76.5. The number of methoxy groups -OCH3 is 1. The van der Waals surface area contributed by atoms with E-state index < -0.39 is 0 Å². The van der Waals surface area contributed by atoms with Crippen LogP contribution in [0.2, 0.25) is 0 Å². The Kier molecular flexibility index (Phi) is 32.1. The summed E-state index contributed by atoms with van der Waals surface area (Å²) in [5.41, 5.74) is 12.1. The fourth-order valence-electron chi connectivity index (χ4n) is 17.4. The number of hydrogen-bond donors (Lipinski definition) is 11. The predicted molar refractivity (Wildman–Crippen MR) is 534 cm³/mol. The van der Waals surface area contributed by atoms with Crippen molar-refractivity contribution in [3.63, 3.8) is 0 Å². The number of carbonyl (C=O) groups is 6. The number of aromatic amines is 3. The van der Waals surface area contributed by atoms with E-state index in [0.29, 0.717) is 249 Å². The van der Waals surface area contributed by atoms with E-state index in [-0.39, 0.29) is 82.8 Å². The molecule has 0 saturated heterocycles. The second-order valence-electron chi connectivity index (χ2n) is 33.3. The van der Waals surface area contributed by atoms with Crippen LogP contribution in [0, 0.1) is 20.8 Å². The first-order valence-electron chi connectivity index (χ1n) is 45.2. The lowest BCUT2D eigenvalue weighted by atomic mass is 9.92. The highest BCUT2D eigenvalue weighted by atomic mass is 35.5. The number of benzene rings is 9. The van der Waals surface area contributed by atoms with Crippen molar-refractivity contribution in [2.45, 2.75) is 38.5 Å². The molecule has 18 rings (SSSR count). The number of fused-ring (bicyclic) bond motifs is 12. The van der Waals surface area contributed by atoms with Gasteiger partial charge < -0.3 is 114 Å². The Bertz CT molecular complexity index is 7000. The van der Waals surface area contributed by atoms with Crippen LogP contribution in [0.3, 0.4) is 0 Å². The molecule has 32 nitrogen and oxygen atoms in total. The maximum absolute atomic E-state index is 13.9. The van der Waals surface area contributed by atoms with Crippen LogP contribution in [-0.4, -0.2) is 241 Å². The molecule has 9 heterocycles. The van der Waals surface area contributed by atoms with Gasteiger partial charge in [-0.15, -0.1) is 34.8 Å². The number of hydrogen-bond acceptors (Lipinski definition) is 23. The van der Waals surface area contributed by atoms with Gasteiger partial charge in [0.25, 0.3) is 35.4 Å². The highest BCUT2D eigenvalue weighted by Gasteiger charge is 2.40. The fraction of sp³-hybridized carbons (Fsp3) is 0.279. The van der Waals surface area contributed by atoms with Gasteiger partial charge in [-0.3, -0.25) is 28.8 Å². The summed E-state index contributed by atoms with van der Waals surface area (Å²) in [6, 6.07) is 51.9. The van der Waals surface area contributed by atoms with Crippen molar-refractivity contribution in [2.75, 3.05) is 181 Å². The van der Waals surface area contributed by atoms with E-state index in [0.717, 1.165) is 65.7 Å². The molecule has 0 saturated carbocycles. The molecular formula is C104H103Cl3N12O20. The lowest BCUT2D eigenvalue weighted by Gasteiger charge is -2.18. The van der Waals surface area contributed by atoms with Crippen molar-refractivity contribution in [1.82, 2.24) is 29.9 Å². The summed E-state index contributed by atoms with van der Waals surface area (Å²) in [4.78, 5) is 107. The number of aliphatic hydroxyl groups is 1. The molecule has 0 aliphatic carbocycles. The fourth-order valence-corrected chi connectivity index (χ4v) is 18.2. The van der Waals surface area contributed by atoms with Gasteiger partial charge in [0.15, 0.2) is 0 Å². The lowest BCUT2D eigenvalue weighted by molar-refractivity contribution is 0.000164. The normalized spacial score (nSPS) is 14.2. The van der Waals surface area contributed by atoms with Crippen LogP contribution < -0.4 is 40.1 Å². The standard InChI is InChI=1S/C38H41ClN4O8.C37H39ClN4O8.C29H23ClN4O4/c1-24-4-3-5-29-33(44)20-32-36(35(24)29)27(21-39)23-43(32)38(46)30-18-26-19-34(40-22-31(26)41-30)42-37(45)25-6-8-28(9-7-25)51-17-16-50-15-14-49-13-12-48-11-10-47-2;1-23-3-2-4-28-32(44)19-31-35(34(23)28)26(20-38)22-42(31)37(46)29-17-25-18-33(39-21-30(25)40-29)41-36(45)24-5-7-27(8-6-24)50-16-15-49-14-13-48-12-11-47-10-9-43;1-15-3-2-4-20-24(36)11-23-27(26(15)20)18(12-30)14-34(23)29(38)21-9-17-10-25(31-13-22(17)32-21)33-28(37)16-5-7-19(35)8-6-16/h3-9,18-20,22,27,41,44H,10-17,21,23H2,1-2H3,(H,40,42,45);2-8,17-19,21,26,40,43-44H,9-16,20,22H2,1H3,(H,39,41,45);2-11,13,18,32,35-36H,12,14H2,1H3,(H,31,33,37)/t27-;26-;18-/m111/s1. The van der Waals surface area contributed by atoms with Crippen molar-refractivity contribution >= 4 is 170 Å². The van der Waals surface area contributed by atoms with Crippen molar-refractivity contribution in [2.24, 2.45) is 0 Å². The first-order valence-corrected chi connectivity index (χ1v) is 46.8. The lowest BCUT2D eigenvalue weighted by Crippen LogP contribution is -2.30. The van der Waals surface area contributed by atoms with Crippen LogP contribution in [0.15, 0.2) is 201 Å². The quantitative estimate of drug-likeness (QED) is 0.0127. The van der Waals surface area contributed by atoms with Gasteiger partial charge in [-0.2, -0.15) is 0 Å². The number of aromatic hydroxyl groups is 4. The van der Waals surface area contributed by atoms with Crippen LogP contribution in [-0.2, 0) is 33.2 Å². The number of ether oxygens (including phenoxy) is 9. The summed E-state index contributed by atoms with van der Waals surface area (Å²) in [5, 5.41) is 66.1. The van der Waals surface area contributed by atoms with Gasteiger partial charge in [0.1, 0.15) is 82.2 Å². The van der Waals surface area contributed by atoms with Crippen LogP contribution in [0.1, 0.15) is 114 Å². The van der Waals surface area contributed by atoms with Crippen LogP contribution in [0.4, 0.5) is 34.5 Å². The van der Waals surface area contributed by atoms with Crippen molar-refractivity contribution in [3.05, 3.63) is 268 Å². The number of phenolic OH excluding ortho intramolecular Hbond substituents is 4. The highest BCUT2D eigenvalue weighted by molar-refractivity contribution is 6.22. The third-order valence-corrected chi connectivity index (χ3v) is 25.3. The predicted octanol–water partition coefficient (Wildman–Crippen LogP) is 17.1. The first-order chi connectivity index (χ1) is 67.6. The van der Waals surface area contributed by atoms with Crippen molar-refractivity contribution < 1.29 is 96.9 Å². The van der Waals surface area contributed by atoms with Gasteiger partial charge in [-0.05, 0) is 180 Å². The van der Waals surface area contributed by atoms with E-state index in [1.807, 2.05) is 75.4 Å². The molecular weight excluding hydrogens is 1840 g/mol. The molecule has 6 aromatic heterocycles. The van der Waals surface area contributed by atoms with Crippen LogP contribution in [0.5, 0.6) is 34.5 Å². The average Bonchev–Trinajstić information content (AvgIpc) is 1.62. The minimum absolute atomic E-state index is 0.00602. The van der Waals surface area contributed by atoms with Crippen LogP contribution >= 0.6 is 34.8 Å². The number of halogens is 3. The number of anilines is 6. The number of aromatic nitrogens is 6. The SMILES string of the molecule is COCCOCCOCCOCCOc1ccc(C(=O)Nc2cc3cc(C(=O)N4C[C@@H](CCl)c5c4cc(O)c4cccc(C)c54)[nH]c3cn2)cc1.Cc1cccc2c(O)cc3c(c12)[C@H](CCl)CN3C(=O)c1cc2cc(NC(=O)c3ccc(O)cc3)ncc2[nH]1.Cc1cccc2c(O)cc3c(c12)[C@H](CCl)CN3C(=O)c1cc2cc(NC(=O)c3ccc(OCCOCCOCCOCCO)cc3)ncc2[nH]1. The number of H-pyrrole nitrogens is 3. The molecule has 0 fully saturated rings. The Labute approximate surface area is 813 Å². The molecule has 15 aromatic rings. The molecule has 139 heavy (non-hydrogen) atoms. The van der Waals surface area contributed by atoms with Crippen molar-refractivity contribution in [3.8, 4) is 34.5 Å². The minimum atomic E-state index is -0.369. The summed E-state index contributed by atoms with van der Waals surface area (Å²) >= 11 is 19.2. The van der Waals surface area contributed by atoms with Gasteiger partial charge in [0.2, 0.25) is 0 Å². The largest absolute Gasteiger partial charge is 0.508 e. The van der Waals surface area contributed by atoms with Crippen LogP contribution in [0.25, 0.3) is 65.0 Å². The Morgan fingerprint density at radius 3 is 0.957 bits per heavy atom. The average molecular weight is 1950 g/mol. The molecule has 0 radical (unpaired) electrons. The van der Waals surface area contributed by atoms with Gasteiger partial charge in [-0.1, -0.05) is 54.6 Å². The topological polar surface area (TPSA) is 418 Å². The first kappa shape index (κ1) is 98.1. The van der Waals surface area contributed by atoms with E-state index in [9.17, 15) is 49.2 Å². The van der Waals surface area contributed by atoms with Gasteiger partial charge >= 0.3 is 0 Å². The number of pyridine rings is 3. The van der Waals surface area contributed by atoms with E-state index in [4.69, 9.17) is 82.5 Å². The second-order valence-corrected chi connectivity index (χ2v) is 34.3. The smallest absolute Gasteiger partial charge is 0.274 e. The molecule has 9 aromatic carbocycles. The van der Waals surface area contributed by atoms with Crippen molar-refractivity contribution in [1.29, 1.82) is 0 Å². The van der Waals surface area contributed by atoms with Gasteiger partial charge in [-0.25, -0.2) is 15.0 Å². The summed E-state index contributed by atoms with van der Waals surface area (Å²) < 4.78 is 48.6. The number of aryl methyl sites for hydroxylation is 3. The number of carbonyl (C=O) groups excluding carboxylic acids is 6. The Hall–Kier alpha value is -14.0. The van der Waals surface area contributed by atoms with Gasteiger partial charge in [0.05, 0.1) is 145 Å². The Balaban J connectivity index is 0.000000152. The third-order valence-electron chi connectivity index (χ3n) is 24.1. The van der Waals surface area contributed by atoms with Gasteiger partial charge in [0, 0.05) is 129 Å². The summed E-state index contributed by atoms with van der Waals surface area (Å²) in [6.07, 6.45) is 4.71. The highest BCUT2D eigenvalue weighted by Crippen LogP contribution is 2.51. The molecule has 3 aliphatic heterocycles. The third kappa shape index (κ3) is 22.6. The number of nitrogens with one attached hydrogen (secondary N) is 6. The number of nitrogens with zero attached hydrogens (tertiary/aromatic N) is 6. The minimum Gasteiger partial charge on any atom is -0.508 e.